The van der Waals surface area contributed by atoms with Gasteiger partial charge in [-0.25, -0.2) is 0 Å². The van der Waals surface area contributed by atoms with Crippen molar-refractivity contribution in [3.05, 3.63) is 29.8 Å². The summed E-state index contributed by atoms with van der Waals surface area (Å²) < 4.78 is 0. The van der Waals surface area contributed by atoms with Crippen molar-refractivity contribution >= 4 is 11.6 Å². The Bertz CT molecular complexity index is 437. The van der Waals surface area contributed by atoms with Gasteiger partial charge in [0, 0.05) is 18.8 Å². The summed E-state index contributed by atoms with van der Waals surface area (Å²) in [6, 6.07) is 8.13. The molecule has 0 radical (unpaired) electrons. The van der Waals surface area contributed by atoms with Crippen LogP contribution in [-0.2, 0) is 11.3 Å². The minimum atomic E-state index is -0.0998. The largest absolute Gasteiger partial charge is 0.330 e. The third kappa shape index (κ3) is 4.05. The van der Waals surface area contributed by atoms with Gasteiger partial charge < -0.3 is 11.1 Å². The van der Waals surface area contributed by atoms with Gasteiger partial charge in [0.1, 0.15) is 0 Å². The number of amides is 1. The van der Waals surface area contributed by atoms with E-state index in [1.54, 1.807) is 0 Å². The number of hydrogen-bond acceptors (Lipinski definition) is 3. The molecule has 1 aliphatic rings. The lowest BCUT2D eigenvalue weighted by atomic mass is 10.1. The number of rotatable bonds is 6. The zero-order chi connectivity index (χ0) is 14.4. The fourth-order valence-corrected chi connectivity index (χ4v) is 2.65. The van der Waals surface area contributed by atoms with Crippen molar-refractivity contribution < 1.29 is 4.79 Å². The topological polar surface area (TPSA) is 58.4 Å². The van der Waals surface area contributed by atoms with Gasteiger partial charge in [-0.2, -0.15) is 0 Å². The van der Waals surface area contributed by atoms with Crippen LogP contribution in [0.2, 0.25) is 0 Å². The molecule has 1 aromatic carbocycles. The molecule has 0 aromatic heterocycles. The molecule has 3 N–H and O–H groups in total. The van der Waals surface area contributed by atoms with Crippen molar-refractivity contribution in [3.63, 3.8) is 0 Å². The minimum absolute atomic E-state index is 0.0216. The van der Waals surface area contributed by atoms with E-state index in [0.717, 1.165) is 18.7 Å². The smallest absolute Gasteiger partial charge is 0.228 e. The molecule has 1 aromatic rings. The van der Waals surface area contributed by atoms with Gasteiger partial charge in [0.25, 0.3) is 0 Å². The SMILES string of the molecule is CCC(CN)C(=O)Nc1cccc(CN2CCCC2)c1. The molecule has 1 unspecified atom stereocenters. The van der Waals surface area contributed by atoms with Gasteiger partial charge in [-0.05, 0) is 50.0 Å². The quantitative estimate of drug-likeness (QED) is 0.837. The van der Waals surface area contributed by atoms with Crippen LogP contribution in [0.15, 0.2) is 24.3 Å². The van der Waals surface area contributed by atoms with E-state index in [2.05, 4.69) is 22.3 Å². The highest BCUT2D eigenvalue weighted by Gasteiger charge is 2.15. The van der Waals surface area contributed by atoms with Crippen LogP contribution >= 0.6 is 0 Å². The number of nitrogens with one attached hydrogen (secondary N) is 1. The predicted octanol–water partition coefficient (Wildman–Crippen LogP) is 2.21. The fraction of sp³-hybridized carbons (Fsp3) is 0.562. The molecular formula is C16H25N3O. The number of likely N-dealkylation sites (tertiary alicyclic amines) is 1. The van der Waals surface area contributed by atoms with Crippen molar-refractivity contribution in [3.8, 4) is 0 Å². The third-order valence-corrected chi connectivity index (χ3v) is 3.95. The van der Waals surface area contributed by atoms with Gasteiger partial charge in [-0.15, -0.1) is 0 Å². The standard InChI is InChI=1S/C16H25N3O/c1-2-14(11-17)16(20)18-15-7-5-6-13(10-15)12-19-8-3-4-9-19/h5-7,10,14H,2-4,8-9,11-12,17H2,1H3,(H,18,20). The fourth-order valence-electron chi connectivity index (χ4n) is 2.65. The first-order chi connectivity index (χ1) is 9.72. The maximum absolute atomic E-state index is 12.0. The first-order valence-corrected chi connectivity index (χ1v) is 7.55. The summed E-state index contributed by atoms with van der Waals surface area (Å²) in [4.78, 5) is 14.5. The van der Waals surface area contributed by atoms with Gasteiger partial charge in [-0.3, -0.25) is 9.69 Å². The van der Waals surface area contributed by atoms with Crippen molar-refractivity contribution in [1.82, 2.24) is 4.90 Å². The molecular weight excluding hydrogens is 250 g/mol. The van der Waals surface area contributed by atoms with Crippen LogP contribution in [0.25, 0.3) is 0 Å². The number of nitrogens with zero attached hydrogens (tertiary/aromatic N) is 1. The first-order valence-electron chi connectivity index (χ1n) is 7.55. The maximum atomic E-state index is 12.0. The van der Waals surface area contributed by atoms with Gasteiger partial charge in [-0.1, -0.05) is 19.1 Å². The van der Waals surface area contributed by atoms with E-state index in [0.29, 0.717) is 6.54 Å². The van der Waals surface area contributed by atoms with Gasteiger partial charge in [0.05, 0.1) is 5.92 Å². The van der Waals surface area contributed by atoms with E-state index in [-0.39, 0.29) is 11.8 Å². The van der Waals surface area contributed by atoms with E-state index in [1.165, 1.54) is 31.5 Å². The van der Waals surface area contributed by atoms with Crippen LogP contribution < -0.4 is 11.1 Å². The number of nitrogens with two attached hydrogens (primary N) is 1. The second kappa shape index (κ2) is 7.41. The Hall–Kier alpha value is -1.39. The predicted molar refractivity (Wildman–Crippen MR) is 82.4 cm³/mol. The molecule has 0 aliphatic carbocycles. The Balaban J connectivity index is 1.96. The Labute approximate surface area is 121 Å². The summed E-state index contributed by atoms with van der Waals surface area (Å²) in [6.07, 6.45) is 3.37. The van der Waals surface area contributed by atoms with Gasteiger partial charge in [0.2, 0.25) is 5.91 Å². The van der Waals surface area contributed by atoms with E-state index in [1.807, 2.05) is 19.1 Å². The molecule has 0 saturated carbocycles. The maximum Gasteiger partial charge on any atom is 0.228 e. The molecule has 1 aliphatic heterocycles. The average Bonchev–Trinajstić information content (AvgIpc) is 2.93. The Morgan fingerprint density at radius 2 is 2.15 bits per heavy atom. The lowest BCUT2D eigenvalue weighted by Gasteiger charge is -2.16. The molecule has 0 spiro atoms. The molecule has 4 nitrogen and oxygen atoms in total. The lowest BCUT2D eigenvalue weighted by Crippen LogP contribution is -2.28. The third-order valence-electron chi connectivity index (χ3n) is 3.95. The van der Waals surface area contributed by atoms with Crippen LogP contribution in [-0.4, -0.2) is 30.4 Å². The average molecular weight is 275 g/mol. The first kappa shape index (κ1) is 15.0. The van der Waals surface area contributed by atoms with E-state index < -0.39 is 0 Å². The molecule has 0 bridgehead atoms. The number of carbonyl (C=O) groups is 1. The number of hydrogen-bond donors (Lipinski definition) is 2. The van der Waals surface area contributed by atoms with Crippen LogP contribution in [0.3, 0.4) is 0 Å². The Morgan fingerprint density at radius 3 is 2.80 bits per heavy atom. The molecule has 2 rings (SSSR count). The van der Waals surface area contributed by atoms with Crippen LogP contribution in [0.5, 0.6) is 0 Å². The van der Waals surface area contributed by atoms with Crippen LogP contribution in [0.1, 0.15) is 31.7 Å². The second-order valence-electron chi connectivity index (χ2n) is 5.51. The zero-order valence-electron chi connectivity index (χ0n) is 12.3. The second-order valence-corrected chi connectivity index (χ2v) is 5.51. The molecule has 4 heteroatoms. The number of carbonyl (C=O) groups excluding carboxylic acids is 1. The van der Waals surface area contributed by atoms with Gasteiger partial charge >= 0.3 is 0 Å². The van der Waals surface area contributed by atoms with E-state index >= 15 is 0 Å². The summed E-state index contributed by atoms with van der Waals surface area (Å²) in [5.41, 5.74) is 7.74. The monoisotopic (exact) mass is 275 g/mol. The van der Waals surface area contributed by atoms with Gasteiger partial charge in [0.15, 0.2) is 0 Å². The summed E-state index contributed by atoms with van der Waals surface area (Å²) in [5.74, 6) is -0.0782. The molecule has 1 heterocycles. The molecule has 1 saturated heterocycles. The summed E-state index contributed by atoms with van der Waals surface area (Å²) in [6.45, 7) is 5.72. The molecule has 1 amide bonds. The summed E-state index contributed by atoms with van der Waals surface area (Å²) >= 11 is 0. The zero-order valence-corrected chi connectivity index (χ0v) is 12.3. The minimum Gasteiger partial charge on any atom is -0.330 e. The Morgan fingerprint density at radius 1 is 1.40 bits per heavy atom. The molecule has 1 atom stereocenters. The Kier molecular flexibility index (Phi) is 5.56. The number of anilines is 1. The lowest BCUT2D eigenvalue weighted by molar-refractivity contribution is -0.119. The van der Waals surface area contributed by atoms with Crippen LogP contribution in [0.4, 0.5) is 5.69 Å². The molecule has 1 fully saturated rings. The van der Waals surface area contributed by atoms with Crippen molar-refractivity contribution in [2.75, 3.05) is 25.0 Å². The van der Waals surface area contributed by atoms with E-state index in [4.69, 9.17) is 5.73 Å². The molecule has 20 heavy (non-hydrogen) atoms. The normalized spacial score (nSPS) is 17.1. The van der Waals surface area contributed by atoms with Crippen LogP contribution in [0, 0.1) is 5.92 Å². The highest BCUT2D eigenvalue weighted by molar-refractivity contribution is 5.92. The van der Waals surface area contributed by atoms with Crippen molar-refractivity contribution in [2.45, 2.75) is 32.7 Å². The highest BCUT2D eigenvalue weighted by Crippen LogP contribution is 2.17. The number of benzene rings is 1. The summed E-state index contributed by atoms with van der Waals surface area (Å²) in [5, 5.41) is 2.97. The van der Waals surface area contributed by atoms with E-state index in [9.17, 15) is 4.79 Å². The van der Waals surface area contributed by atoms with Crippen molar-refractivity contribution in [1.29, 1.82) is 0 Å². The highest BCUT2D eigenvalue weighted by atomic mass is 16.1. The summed E-state index contributed by atoms with van der Waals surface area (Å²) in [7, 11) is 0. The molecule has 110 valence electrons. The van der Waals surface area contributed by atoms with Crippen molar-refractivity contribution in [2.24, 2.45) is 11.7 Å².